The normalized spacial score (nSPS) is 33.4. The first-order valence-corrected chi connectivity index (χ1v) is 8.91. The largest absolute Gasteiger partial charge is 0.504 e. The van der Waals surface area contributed by atoms with Crippen LogP contribution < -0.4 is 4.74 Å². The summed E-state index contributed by atoms with van der Waals surface area (Å²) < 4.78 is 5.77. The molecule has 5 nitrogen and oxygen atoms in total. The number of aldehydes is 1. The number of rotatable bonds is 2. The van der Waals surface area contributed by atoms with Crippen molar-refractivity contribution in [1.82, 2.24) is 0 Å². The third-order valence-electron chi connectivity index (χ3n) is 6.11. The van der Waals surface area contributed by atoms with Crippen molar-refractivity contribution in [2.45, 2.75) is 71.2 Å². The van der Waals surface area contributed by atoms with Gasteiger partial charge in [-0.3, -0.25) is 4.79 Å². The predicted octanol–water partition coefficient (Wildman–Crippen LogP) is 3.09. The van der Waals surface area contributed by atoms with E-state index < -0.39 is 17.8 Å². The molecule has 0 spiro atoms. The summed E-state index contributed by atoms with van der Waals surface area (Å²) in [6.07, 6.45) is 0.0981. The maximum Gasteiger partial charge on any atom is 0.201 e. The molecule has 25 heavy (non-hydrogen) atoms. The van der Waals surface area contributed by atoms with Gasteiger partial charge in [-0.25, -0.2) is 0 Å². The molecule has 5 heteroatoms. The topological polar surface area (TPSA) is 87.0 Å². The molecule has 1 saturated carbocycles. The average Bonchev–Trinajstić information content (AvgIpc) is 2.45. The highest BCUT2D eigenvalue weighted by Gasteiger charge is 2.58. The SMILES string of the molecule is CC(C)c1cc(C=O)c2c(c1O)O[C@H](O)[C@H]1C(C)(C)C[C@H](O)C[C@]21C. The van der Waals surface area contributed by atoms with Gasteiger partial charge in [0.2, 0.25) is 6.29 Å². The van der Waals surface area contributed by atoms with Crippen LogP contribution in [0.3, 0.4) is 0 Å². The molecule has 0 radical (unpaired) electrons. The fourth-order valence-corrected chi connectivity index (χ4v) is 5.36. The minimum atomic E-state index is -1.10. The summed E-state index contributed by atoms with van der Waals surface area (Å²) in [5.74, 6) is -0.126. The van der Waals surface area contributed by atoms with Gasteiger partial charge in [0.05, 0.1) is 6.10 Å². The maximum atomic E-state index is 11.8. The highest BCUT2D eigenvalue weighted by Crippen LogP contribution is 2.60. The molecular weight excluding hydrogens is 320 g/mol. The van der Waals surface area contributed by atoms with Crippen molar-refractivity contribution in [3.63, 3.8) is 0 Å². The summed E-state index contributed by atoms with van der Waals surface area (Å²) in [7, 11) is 0. The molecule has 3 N–H and O–H groups in total. The van der Waals surface area contributed by atoms with Crippen LogP contribution in [0, 0.1) is 11.3 Å². The van der Waals surface area contributed by atoms with E-state index in [1.165, 1.54) is 0 Å². The fraction of sp³-hybridized carbons (Fsp3) is 0.650. The van der Waals surface area contributed by atoms with Gasteiger partial charge in [-0.15, -0.1) is 0 Å². The molecule has 1 heterocycles. The number of aromatic hydroxyl groups is 1. The van der Waals surface area contributed by atoms with Crippen molar-refractivity contribution < 1.29 is 24.9 Å². The van der Waals surface area contributed by atoms with Crippen LogP contribution in [-0.4, -0.2) is 34.0 Å². The number of fused-ring (bicyclic) bond motifs is 3. The standard InChI is InChI=1S/C20H28O5/c1-10(2)13-6-11(9-21)14-16(15(13)23)25-18(24)17-19(3,4)7-12(22)8-20(14,17)5/h6,9-10,12,17-18,22-24H,7-8H2,1-5H3/t12-,17-,18-,20+/m0/s1. The first kappa shape index (κ1) is 18.2. The summed E-state index contributed by atoms with van der Waals surface area (Å²) in [4.78, 5) is 11.8. The van der Waals surface area contributed by atoms with Crippen LogP contribution in [0.25, 0.3) is 0 Å². The van der Waals surface area contributed by atoms with Gasteiger partial charge in [0.15, 0.2) is 17.8 Å². The molecule has 3 rings (SSSR count). The highest BCUT2D eigenvalue weighted by molar-refractivity contribution is 5.82. The second kappa shape index (κ2) is 5.71. The van der Waals surface area contributed by atoms with E-state index in [2.05, 4.69) is 0 Å². The second-order valence-corrected chi connectivity index (χ2v) is 8.83. The van der Waals surface area contributed by atoms with Crippen LogP contribution >= 0.6 is 0 Å². The summed E-state index contributed by atoms with van der Waals surface area (Å²) in [6, 6.07) is 1.71. The molecule has 0 aromatic heterocycles. The highest BCUT2D eigenvalue weighted by atomic mass is 16.6. The maximum absolute atomic E-state index is 11.8. The van der Waals surface area contributed by atoms with Gasteiger partial charge in [0.1, 0.15) is 0 Å². The summed E-state index contributed by atoms with van der Waals surface area (Å²) in [5, 5.41) is 31.9. The van der Waals surface area contributed by atoms with E-state index in [4.69, 9.17) is 4.74 Å². The van der Waals surface area contributed by atoms with E-state index in [1.54, 1.807) is 6.07 Å². The molecule has 1 aromatic rings. The smallest absolute Gasteiger partial charge is 0.201 e. The Hall–Kier alpha value is -1.59. The molecule has 138 valence electrons. The van der Waals surface area contributed by atoms with Crippen molar-refractivity contribution in [1.29, 1.82) is 0 Å². The Morgan fingerprint density at radius 3 is 2.44 bits per heavy atom. The van der Waals surface area contributed by atoms with Crippen LogP contribution in [0.4, 0.5) is 0 Å². The Labute approximate surface area is 148 Å². The number of aliphatic hydroxyl groups excluding tert-OH is 2. The molecule has 0 bridgehead atoms. The van der Waals surface area contributed by atoms with Crippen molar-refractivity contribution in [3.05, 3.63) is 22.8 Å². The van der Waals surface area contributed by atoms with Crippen molar-refractivity contribution in [2.24, 2.45) is 11.3 Å². The average molecular weight is 348 g/mol. The number of benzene rings is 1. The van der Waals surface area contributed by atoms with E-state index in [9.17, 15) is 20.1 Å². The zero-order chi connectivity index (χ0) is 18.7. The van der Waals surface area contributed by atoms with Crippen molar-refractivity contribution >= 4 is 6.29 Å². The third kappa shape index (κ3) is 2.56. The Bertz CT molecular complexity index is 709. The Morgan fingerprint density at radius 1 is 1.24 bits per heavy atom. The lowest BCUT2D eigenvalue weighted by atomic mass is 9.52. The van der Waals surface area contributed by atoms with Gasteiger partial charge in [-0.1, -0.05) is 34.6 Å². The van der Waals surface area contributed by atoms with Gasteiger partial charge in [-0.2, -0.15) is 0 Å². The molecule has 0 unspecified atom stereocenters. The number of ether oxygens (including phenoxy) is 1. The minimum Gasteiger partial charge on any atom is -0.504 e. The Kier molecular flexibility index (Phi) is 4.16. The number of carbonyl (C=O) groups is 1. The molecule has 0 amide bonds. The minimum absolute atomic E-state index is 0.00339. The molecule has 1 aromatic carbocycles. The van der Waals surface area contributed by atoms with E-state index in [-0.39, 0.29) is 28.7 Å². The number of phenols is 1. The Morgan fingerprint density at radius 2 is 1.88 bits per heavy atom. The summed E-state index contributed by atoms with van der Waals surface area (Å²) >= 11 is 0. The number of aliphatic hydroxyl groups is 2. The van der Waals surface area contributed by atoms with Crippen LogP contribution in [0.15, 0.2) is 6.07 Å². The van der Waals surface area contributed by atoms with E-state index in [0.29, 0.717) is 29.5 Å². The lowest BCUT2D eigenvalue weighted by molar-refractivity contribution is -0.172. The lowest BCUT2D eigenvalue weighted by Gasteiger charge is -2.56. The number of hydrogen-bond donors (Lipinski definition) is 3. The lowest BCUT2D eigenvalue weighted by Crippen LogP contribution is -2.58. The predicted molar refractivity (Wildman–Crippen MR) is 94.1 cm³/mol. The quantitative estimate of drug-likeness (QED) is 0.715. The molecule has 2 aliphatic rings. The second-order valence-electron chi connectivity index (χ2n) is 8.83. The van der Waals surface area contributed by atoms with Gasteiger partial charge in [-0.05, 0) is 30.2 Å². The third-order valence-corrected chi connectivity index (χ3v) is 6.11. The number of hydrogen-bond acceptors (Lipinski definition) is 5. The van der Waals surface area contributed by atoms with Crippen LogP contribution in [-0.2, 0) is 5.41 Å². The first-order chi connectivity index (χ1) is 11.5. The van der Waals surface area contributed by atoms with Gasteiger partial charge in [0, 0.05) is 28.0 Å². The molecule has 0 saturated heterocycles. The van der Waals surface area contributed by atoms with Crippen molar-refractivity contribution in [3.8, 4) is 11.5 Å². The summed E-state index contributed by atoms with van der Waals surface area (Å²) in [6.45, 7) is 9.80. The van der Waals surface area contributed by atoms with Crippen molar-refractivity contribution in [2.75, 3.05) is 0 Å². The first-order valence-electron chi connectivity index (χ1n) is 8.91. The van der Waals surface area contributed by atoms with Crippen LogP contribution in [0.1, 0.15) is 74.9 Å². The number of carbonyl (C=O) groups excluding carboxylic acids is 1. The van der Waals surface area contributed by atoms with E-state index in [0.717, 1.165) is 6.29 Å². The molecule has 1 fully saturated rings. The van der Waals surface area contributed by atoms with Gasteiger partial charge < -0.3 is 20.1 Å². The summed E-state index contributed by atoms with van der Waals surface area (Å²) in [5.41, 5.74) is 0.631. The zero-order valence-electron chi connectivity index (χ0n) is 15.5. The molecular formula is C20H28O5. The molecule has 4 atom stereocenters. The number of phenolic OH excluding ortho intramolecular Hbond substituents is 1. The van der Waals surface area contributed by atoms with Gasteiger partial charge in [0.25, 0.3) is 0 Å². The van der Waals surface area contributed by atoms with E-state index >= 15 is 0 Å². The van der Waals surface area contributed by atoms with Gasteiger partial charge >= 0.3 is 0 Å². The monoisotopic (exact) mass is 348 g/mol. The van der Waals surface area contributed by atoms with E-state index in [1.807, 2.05) is 34.6 Å². The fourth-order valence-electron chi connectivity index (χ4n) is 5.36. The Balaban J connectivity index is 2.32. The molecule has 1 aliphatic heterocycles. The zero-order valence-corrected chi connectivity index (χ0v) is 15.5. The van der Waals surface area contributed by atoms with Crippen LogP contribution in [0.2, 0.25) is 0 Å². The van der Waals surface area contributed by atoms with Crippen LogP contribution in [0.5, 0.6) is 11.5 Å². The molecule has 1 aliphatic carbocycles.